The van der Waals surface area contributed by atoms with Crippen LogP contribution in [0.5, 0.6) is 0 Å². The number of hydrogen-bond donors (Lipinski definition) is 1. The summed E-state index contributed by atoms with van der Waals surface area (Å²) in [6, 6.07) is 10.8. The fourth-order valence-corrected chi connectivity index (χ4v) is 3.50. The fraction of sp³-hybridized carbons (Fsp3) is 0.158. The van der Waals surface area contributed by atoms with Crippen LogP contribution in [0.3, 0.4) is 0 Å². The molecule has 0 aliphatic rings. The summed E-state index contributed by atoms with van der Waals surface area (Å²) < 4.78 is 42.8. The first-order chi connectivity index (χ1) is 12.8. The summed E-state index contributed by atoms with van der Waals surface area (Å²) in [5.41, 5.74) is 2.76. The van der Waals surface area contributed by atoms with E-state index in [0.29, 0.717) is 27.9 Å². The molecule has 0 amide bonds. The number of aliphatic hydroxyl groups excluding tert-OH is 1. The Morgan fingerprint density at radius 3 is 2.52 bits per heavy atom. The maximum atomic E-state index is 14.3. The summed E-state index contributed by atoms with van der Waals surface area (Å²) >= 11 is 0. The summed E-state index contributed by atoms with van der Waals surface area (Å²) in [6.07, 6.45) is 0.921. The fourth-order valence-electron chi connectivity index (χ4n) is 2.77. The predicted molar refractivity (Wildman–Crippen MR) is 95.8 cm³/mol. The number of nitrogens with zero attached hydrogens (tertiary/aromatic N) is 2. The van der Waals surface area contributed by atoms with E-state index in [1.165, 1.54) is 6.07 Å². The van der Waals surface area contributed by atoms with Crippen molar-refractivity contribution in [2.24, 2.45) is 0 Å². The van der Waals surface area contributed by atoms with Crippen LogP contribution in [-0.4, -0.2) is 24.9 Å². The molecule has 0 spiro atoms. The minimum absolute atomic E-state index is 0.107. The van der Waals surface area contributed by atoms with Crippen molar-refractivity contribution in [3.63, 3.8) is 0 Å². The van der Waals surface area contributed by atoms with Crippen molar-refractivity contribution in [2.45, 2.75) is 18.4 Å². The van der Waals surface area contributed by atoms with E-state index in [2.05, 4.69) is 11.2 Å². The topological polar surface area (TPSA) is 104 Å². The molecule has 0 atom stereocenters. The van der Waals surface area contributed by atoms with E-state index in [9.17, 15) is 23.2 Å². The Morgan fingerprint density at radius 1 is 1.22 bits per heavy atom. The number of benzene rings is 2. The van der Waals surface area contributed by atoms with Gasteiger partial charge in [-0.25, -0.2) is 12.8 Å². The van der Waals surface area contributed by atoms with Gasteiger partial charge in [-0.3, -0.25) is 0 Å². The van der Waals surface area contributed by atoms with Crippen molar-refractivity contribution in [3.8, 4) is 28.5 Å². The highest BCUT2D eigenvalue weighted by atomic mass is 32.2. The molecule has 6 nitrogen and oxygen atoms in total. The van der Waals surface area contributed by atoms with Crippen LogP contribution in [0.25, 0.3) is 22.4 Å². The number of sulfone groups is 1. The van der Waals surface area contributed by atoms with Crippen molar-refractivity contribution < 1.29 is 22.4 Å². The zero-order valence-corrected chi connectivity index (χ0v) is 15.3. The lowest BCUT2D eigenvalue weighted by Crippen LogP contribution is -2.01. The minimum Gasteiger partial charge on any atom is -0.388 e. The SMILES string of the molecule is Cc1ccc(-c2noc(CO)c2-c2ccc(S(C)(=O)=O)c(F)c2)cc1C#N. The zero-order valence-electron chi connectivity index (χ0n) is 14.5. The molecule has 0 saturated heterocycles. The van der Waals surface area contributed by atoms with E-state index < -0.39 is 27.2 Å². The van der Waals surface area contributed by atoms with Gasteiger partial charge in [0.05, 0.1) is 17.2 Å². The average Bonchev–Trinajstić information content (AvgIpc) is 3.05. The smallest absolute Gasteiger partial charge is 0.178 e. The van der Waals surface area contributed by atoms with Crippen LogP contribution in [0.1, 0.15) is 16.9 Å². The average molecular weight is 386 g/mol. The van der Waals surface area contributed by atoms with Crippen LogP contribution in [0.4, 0.5) is 4.39 Å². The Labute approximate surface area is 155 Å². The Hall–Kier alpha value is -3.02. The summed E-state index contributed by atoms with van der Waals surface area (Å²) in [5.74, 6) is -0.803. The monoisotopic (exact) mass is 386 g/mol. The molecule has 1 N–H and O–H groups in total. The Morgan fingerprint density at radius 2 is 1.93 bits per heavy atom. The van der Waals surface area contributed by atoms with Crippen LogP contribution in [0.2, 0.25) is 0 Å². The lowest BCUT2D eigenvalue weighted by atomic mass is 9.97. The molecule has 138 valence electrons. The predicted octanol–water partition coefficient (Wildman–Crippen LogP) is 3.22. The molecule has 1 aromatic heterocycles. The molecule has 0 aliphatic heterocycles. The maximum Gasteiger partial charge on any atom is 0.178 e. The maximum absolute atomic E-state index is 14.3. The van der Waals surface area contributed by atoms with Crippen LogP contribution >= 0.6 is 0 Å². The number of halogens is 1. The van der Waals surface area contributed by atoms with E-state index in [-0.39, 0.29) is 5.76 Å². The van der Waals surface area contributed by atoms with Crippen molar-refractivity contribution >= 4 is 9.84 Å². The molecule has 0 unspecified atom stereocenters. The molecule has 8 heteroatoms. The number of nitriles is 1. The molecule has 0 aliphatic carbocycles. The van der Waals surface area contributed by atoms with Gasteiger partial charge in [-0.15, -0.1) is 0 Å². The van der Waals surface area contributed by atoms with Gasteiger partial charge in [-0.2, -0.15) is 5.26 Å². The number of aryl methyl sites for hydroxylation is 1. The molecule has 0 saturated carbocycles. The lowest BCUT2D eigenvalue weighted by molar-refractivity contribution is 0.230. The highest BCUT2D eigenvalue weighted by molar-refractivity contribution is 7.90. The van der Waals surface area contributed by atoms with Gasteiger partial charge in [0.2, 0.25) is 0 Å². The van der Waals surface area contributed by atoms with Gasteiger partial charge in [0.25, 0.3) is 0 Å². The third kappa shape index (κ3) is 3.47. The third-order valence-corrected chi connectivity index (χ3v) is 5.29. The van der Waals surface area contributed by atoms with E-state index in [0.717, 1.165) is 24.0 Å². The molecule has 1 heterocycles. The molecule has 3 aromatic rings. The van der Waals surface area contributed by atoms with E-state index in [1.54, 1.807) is 25.1 Å². The third-order valence-electron chi connectivity index (χ3n) is 4.16. The van der Waals surface area contributed by atoms with Crippen LogP contribution in [-0.2, 0) is 16.4 Å². The largest absolute Gasteiger partial charge is 0.388 e. The number of aromatic nitrogens is 1. The van der Waals surface area contributed by atoms with Gasteiger partial charge in [-0.05, 0) is 36.2 Å². The molecular weight excluding hydrogens is 371 g/mol. The molecule has 0 radical (unpaired) electrons. The van der Waals surface area contributed by atoms with Crippen molar-refractivity contribution in [1.29, 1.82) is 5.26 Å². The minimum atomic E-state index is -3.71. The Balaban J connectivity index is 2.22. The molecule has 3 rings (SSSR count). The van der Waals surface area contributed by atoms with Gasteiger partial charge < -0.3 is 9.63 Å². The normalized spacial score (nSPS) is 11.4. The standard InChI is InChI=1S/C19H15FN2O4S/c1-11-3-4-13(7-14(11)9-21)19-18(16(10-23)26-22-19)12-5-6-17(15(20)8-12)27(2,24)25/h3-8,23H,10H2,1-2H3. The van der Waals surface area contributed by atoms with Crippen molar-refractivity contribution in [1.82, 2.24) is 5.16 Å². The van der Waals surface area contributed by atoms with E-state index >= 15 is 0 Å². The Kier molecular flexibility index (Phi) is 4.83. The highest BCUT2D eigenvalue weighted by Gasteiger charge is 2.22. The summed E-state index contributed by atoms with van der Waals surface area (Å²) in [7, 11) is -3.71. The van der Waals surface area contributed by atoms with Crippen molar-refractivity contribution in [2.75, 3.05) is 6.26 Å². The molecule has 0 fully saturated rings. The van der Waals surface area contributed by atoms with Crippen LogP contribution < -0.4 is 0 Å². The van der Waals surface area contributed by atoms with Crippen LogP contribution in [0, 0.1) is 24.1 Å². The second-order valence-electron chi connectivity index (χ2n) is 6.05. The zero-order chi connectivity index (χ0) is 19.8. The van der Waals surface area contributed by atoms with Gasteiger partial charge >= 0.3 is 0 Å². The second kappa shape index (κ2) is 6.95. The van der Waals surface area contributed by atoms with Gasteiger partial charge in [-0.1, -0.05) is 23.4 Å². The van der Waals surface area contributed by atoms with E-state index in [1.807, 2.05) is 0 Å². The van der Waals surface area contributed by atoms with Gasteiger partial charge in [0.1, 0.15) is 23.0 Å². The first-order valence-corrected chi connectivity index (χ1v) is 9.76. The number of aliphatic hydroxyl groups is 1. The summed E-state index contributed by atoms with van der Waals surface area (Å²) in [4.78, 5) is -0.420. The quantitative estimate of drug-likeness (QED) is 0.738. The van der Waals surface area contributed by atoms with Crippen LogP contribution in [0.15, 0.2) is 45.8 Å². The first kappa shape index (κ1) is 18.8. The van der Waals surface area contributed by atoms with Gasteiger partial charge in [0.15, 0.2) is 15.6 Å². The van der Waals surface area contributed by atoms with E-state index in [4.69, 9.17) is 4.52 Å². The first-order valence-electron chi connectivity index (χ1n) is 7.86. The molecule has 0 bridgehead atoms. The summed E-state index contributed by atoms with van der Waals surface area (Å²) in [5, 5.41) is 22.7. The summed E-state index contributed by atoms with van der Waals surface area (Å²) in [6.45, 7) is 1.32. The highest BCUT2D eigenvalue weighted by Crippen LogP contribution is 2.36. The molecule has 2 aromatic carbocycles. The number of hydrogen-bond acceptors (Lipinski definition) is 6. The molecular formula is C19H15FN2O4S. The Bertz CT molecular complexity index is 1180. The second-order valence-corrected chi connectivity index (χ2v) is 8.03. The number of rotatable bonds is 4. The van der Waals surface area contributed by atoms with Crippen molar-refractivity contribution in [3.05, 3.63) is 59.1 Å². The molecule has 27 heavy (non-hydrogen) atoms. The lowest BCUT2D eigenvalue weighted by Gasteiger charge is -2.07. The van der Waals surface area contributed by atoms with Gasteiger partial charge in [0, 0.05) is 11.8 Å².